The lowest BCUT2D eigenvalue weighted by molar-refractivity contribution is -0.116. The number of carbonyl (C=O) groups excluding carboxylic acids is 1. The standard InChI is InChI=1S/C19H17N5O3S/c1-12-20-18(23-26-12)13-6-2-3-7-14(13)21-16(25)9-4-10-17-22-19(24-27-17)15-8-5-11-28-15/h2-3,5-8,11H,4,9-10H2,1H3,(H,21,25). The maximum atomic E-state index is 12.3. The topological polar surface area (TPSA) is 107 Å². The highest BCUT2D eigenvalue weighted by Crippen LogP contribution is 2.26. The summed E-state index contributed by atoms with van der Waals surface area (Å²) in [6, 6.07) is 11.2. The summed E-state index contributed by atoms with van der Waals surface area (Å²) in [7, 11) is 0. The van der Waals surface area contributed by atoms with Gasteiger partial charge >= 0.3 is 0 Å². The van der Waals surface area contributed by atoms with Crippen molar-refractivity contribution in [3.05, 3.63) is 53.6 Å². The second-order valence-corrected chi connectivity index (χ2v) is 7.02. The van der Waals surface area contributed by atoms with Crippen LogP contribution >= 0.6 is 11.3 Å². The predicted octanol–water partition coefficient (Wildman–Crippen LogP) is 4.12. The van der Waals surface area contributed by atoms with Crippen molar-refractivity contribution >= 4 is 22.9 Å². The first-order valence-corrected chi connectivity index (χ1v) is 9.63. The van der Waals surface area contributed by atoms with Crippen molar-refractivity contribution in [2.75, 3.05) is 5.32 Å². The van der Waals surface area contributed by atoms with Crippen LogP contribution in [0.2, 0.25) is 0 Å². The molecule has 3 heterocycles. The maximum Gasteiger partial charge on any atom is 0.226 e. The second kappa shape index (κ2) is 8.13. The molecule has 0 spiro atoms. The lowest BCUT2D eigenvalue weighted by Crippen LogP contribution is -2.12. The molecule has 28 heavy (non-hydrogen) atoms. The normalized spacial score (nSPS) is 10.9. The summed E-state index contributed by atoms with van der Waals surface area (Å²) in [5, 5.41) is 12.8. The van der Waals surface area contributed by atoms with Gasteiger partial charge in [-0.2, -0.15) is 9.97 Å². The van der Waals surface area contributed by atoms with Gasteiger partial charge in [0.25, 0.3) is 0 Å². The zero-order valence-corrected chi connectivity index (χ0v) is 15.9. The van der Waals surface area contributed by atoms with E-state index in [-0.39, 0.29) is 5.91 Å². The van der Waals surface area contributed by atoms with Crippen molar-refractivity contribution in [3.63, 3.8) is 0 Å². The summed E-state index contributed by atoms with van der Waals surface area (Å²) in [5.41, 5.74) is 1.36. The number of para-hydroxylation sites is 1. The van der Waals surface area contributed by atoms with Crippen molar-refractivity contribution in [2.24, 2.45) is 0 Å². The number of aromatic nitrogens is 4. The third-order valence-electron chi connectivity index (χ3n) is 3.97. The molecule has 1 N–H and O–H groups in total. The van der Waals surface area contributed by atoms with Gasteiger partial charge in [0.1, 0.15) is 0 Å². The monoisotopic (exact) mass is 395 g/mol. The molecule has 9 heteroatoms. The summed E-state index contributed by atoms with van der Waals surface area (Å²) >= 11 is 1.55. The van der Waals surface area contributed by atoms with E-state index in [0.717, 1.165) is 4.88 Å². The molecule has 142 valence electrons. The van der Waals surface area contributed by atoms with Crippen LogP contribution in [-0.4, -0.2) is 26.2 Å². The number of hydrogen-bond acceptors (Lipinski definition) is 8. The SMILES string of the molecule is Cc1nc(-c2ccccc2NC(=O)CCCc2nc(-c3cccs3)no2)no1. The Morgan fingerprint density at radius 1 is 1.07 bits per heavy atom. The minimum Gasteiger partial charge on any atom is -0.339 e. The molecule has 0 atom stereocenters. The number of benzene rings is 1. The van der Waals surface area contributed by atoms with Crippen LogP contribution in [0.4, 0.5) is 5.69 Å². The van der Waals surface area contributed by atoms with E-state index < -0.39 is 0 Å². The Bertz CT molecular complexity index is 1070. The summed E-state index contributed by atoms with van der Waals surface area (Å²) < 4.78 is 10.3. The van der Waals surface area contributed by atoms with Gasteiger partial charge in [-0.1, -0.05) is 28.5 Å². The van der Waals surface area contributed by atoms with Crippen LogP contribution in [-0.2, 0) is 11.2 Å². The smallest absolute Gasteiger partial charge is 0.226 e. The van der Waals surface area contributed by atoms with Gasteiger partial charge in [0.2, 0.25) is 29.3 Å². The van der Waals surface area contributed by atoms with Crippen molar-refractivity contribution in [1.29, 1.82) is 0 Å². The minimum absolute atomic E-state index is 0.106. The van der Waals surface area contributed by atoms with Gasteiger partial charge in [-0.15, -0.1) is 11.3 Å². The Morgan fingerprint density at radius 2 is 1.93 bits per heavy atom. The lowest BCUT2D eigenvalue weighted by Gasteiger charge is -2.08. The van der Waals surface area contributed by atoms with Crippen molar-refractivity contribution < 1.29 is 13.8 Å². The molecule has 0 fully saturated rings. The van der Waals surface area contributed by atoms with E-state index in [9.17, 15) is 4.79 Å². The summed E-state index contributed by atoms with van der Waals surface area (Å²) in [4.78, 5) is 21.9. The van der Waals surface area contributed by atoms with Gasteiger partial charge in [0.15, 0.2) is 0 Å². The fourth-order valence-electron chi connectivity index (χ4n) is 2.67. The summed E-state index contributed by atoms with van der Waals surface area (Å²) in [6.07, 6.45) is 1.47. The quantitative estimate of drug-likeness (QED) is 0.501. The molecule has 0 bridgehead atoms. The summed E-state index contributed by atoms with van der Waals surface area (Å²) in [5.74, 6) is 1.92. The Morgan fingerprint density at radius 3 is 2.71 bits per heavy atom. The first kappa shape index (κ1) is 18.1. The van der Waals surface area contributed by atoms with Crippen molar-refractivity contribution in [1.82, 2.24) is 20.3 Å². The van der Waals surface area contributed by atoms with Crippen LogP contribution in [0, 0.1) is 6.92 Å². The van der Waals surface area contributed by atoms with E-state index in [1.807, 2.05) is 41.8 Å². The Kier molecular flexibility index (Phi) is 5.24. The molecule has 0 saturated carbocycles. The highest BCUT2D eigenvalue weighted by molar-refractivity contribution is 7.13. The Balaban J connectivity index is 1.33. The van der Waals surface area contributed by atoms with Gasteiger partial charge in [0.05, 0.1) is 10.6 Å². The van der Waals surface area contributed by atoms with Gasteiger partial charge in [-0.3, -0.25) is 4.79 Å². The number of thiophene rings is 1. The molecule has 0 aliphatic carbocycles. The number of rotatable bonds is 7. The fourth-order valence-corrected chi connectivity index (χ4v) is 3.32. The van der Waals surface area contributed by atoms with Crippen LogP contribution < -0.4 is 5.32 Å². The molecule has 8 nitrogen and oxygen atoms in total. The van der Waals surface area contributed by atoms with Crippen LogP contribution in [0.1, 0.15) is 24.6 Å². The average molecular weight is 395 g/mol. The highest BCUT2D eigenvalue weighted by Gasteiger charge is 2.14. The molecular weight excluding hydrogens is 378 g/mol. The highest BCUT2D eigenvalue weighted by atomic mass is 32.1. The van der Waals surface area contributed by atoms with Crippen molar-refractivity contribution in [3.8, 4) is 22.1 Å². The molecule has 1 amide bonds. The molecular formula is C19H17N5O3S. The first-order chi connectivity index (χ1) is 13.7. The molecule has 0 aliphatic heterocycles. The zero-order valence-electron chi connectivity index (χ0n) is 15.1. The maximum absolute atomic E-state index is 12.3. The molecule has 0 unspecified atom stereocenters. The zero-order chi connectivity index (χ0) is 19.3. The minimum atomic E-state index is -0.106. The van der Waals surface area contributed by atoms with E-state index in [0.29, 0.717) is 53.9 Å². The predicted molar refractivity (Wildman–Crippen MR) is 104 cm³/mol. The van der Waals surface area contributed by atoms with E-state index in [1.165, 1.54) is 0 Å². The molecule has 4 rings (SSSR count). The number of carbonyl (C=O) groups is 1. The number of anilines is 1. The van der Waals surface area contributed by atoms with Gasteiger partial charge < -0.3 is 14.4 Å². The molecule has 0 saturated heterocycles. The van der Waals surface area contributed by atoms with Gasteiger partial charge in [-0.25, -0.2) is 0 Å². The van der Waals surface area contributed by atoms with Crippen LogP contribution in [0.15, 0.2) is 50.8 Å². The summed E-state index contributed by atoms with van der Waals surface area (Å²) in [6.45, 7) is 1.72. The largest absolute Gasteiger partial charge is 0.339 e. The number of nitrogens with one attached hydrogen (secondary N) is 1. The second-order valence-electron chi connectivity index (χ2n) is 6.07. The van der Waals surface area contributed by atoms with Gasteiger partial charge in [-0.05, 0) is 30.0 Å². The van der Waals surface area contributed by atoms with Crippen molar-refractivity contribution in [2.45, 2.75) is 26.2 Å². The Labute approximate surface area is 164 Å². The fraction of sp³-hybridized carbons (Fsp3) is 0.211. The molecule has 0 aliphatic rings. The van der Waals surface area contributed by atoms with Crippen LogP contribution in [0.3, 0.4) is 0 Å². The first-order valence-electron chi connectivity index (χ1n) is 8.75. The molecule has 4 aromatic rings. The Hall–Kier alpha value is -3.33. The van der Waals surface area contributed by atoms with Crippen LogP contribution in [0.5, 0.6) is 0 Å². The number of aryl methyl sites for hydroxylation is 2. The van der Waals surface area contributed by atoms with Gasteiger partial charge in [0, 0.05) is 25.3 Å². The van der Waals surface area contributed by atoms with E-state index in [1.54, 1.807) is 18.3 Å². The van der Waals surface area contributed by atoms with Crippen LogP contribution in [0.25, 0.3) is 22.1 Å². The molecule has 1 aromatic carbocycles. The van der Waals surface area contributed by atoms with E-state index in [2.05, 4.69) is 25.6 Å². The number of hydrogen-bond donors (Lipinski definition) is 1. The number of amides is 1. The average Bonchev–Trinajstić information content (AvgIpc) is 3.43. The molecule has 0 radical (unpaired) electrons. The lowest BCUT2D eigenvalue weighted by atomic mass is 10.1. The number of nitrogens with zero attached hydrogens (tertiary/aromatic N) is 4. The molecule has 3 aromatic heterocycles. The third kappa shape index (κ3) is 4.15. The van der Waals surface area contributed by atoms with E-state index in [4.69, 9.17) is 9.05 Å². The van der Waals surface area contributed by atoms with E-state index >= 15 is 0 Å². The third-order valence-corrected chi connectivity index (χ3v) is 4.84.